The number of aromatic nitrogens is 1. The molecule has 0 spiro atoms. The molecule has 0 radical (unpaired) electrons. The van der Waals surface area contributed by atoms with Crippen LogP contribution in [0.15, 0.2) is 66.9 Å². The number of carbonyl (C=O) groups excluding carboxylic acids is 2. The zero-order chi connectivity index (χ0) is 20.4. The van der Waals surface area contributed by atoms with Crippen LogP contribution in [0.25, 0.3) is 0 Å². The summed E-state index contributed by atoms with van der Waals surface area (Å²) < 4.78 is 5.18. The number of rotatable bonds is 5. The van der Waals surface area contributed by atoms with Crippen LogP contribution < -0.4 is 10.2 Å². The van der Waals surface area contributed by atoms with Crippen molar-refractivity contribution in [3.8, 4) is 0 Å². The maximum atomic E-state index is 13.2. The van der Waals surface area contributed by atoms with Crippen LogP contribution in [-0.2, 0) is 4.74 Å². The van der Waals surface area contributed by atoms with Gasteiger partial charge in [0.25, 0.3) is 5.91 Å². The van der Waals surface area contributed by atoms with E-state index in [2.05, 4.69) is 10.3 Å². The van der Waals surface area contributed by atoms with Gasteiger partial charge in [-0.25, -0.2) is 9.78 Å². The third-order valence-corrected chi connectivity index (χ3v) is 4.83. The highest BCUT2D eigenvalue weighted by Gasteiger charge is 2.38. The van der Waals surface area contributed by atoms with Crippen LogP contribution in [0, 0.1) is 6.92 Å². The molecule has 1 N–H and O–H groups in total. The lowest BCUT2D eigenvalue weighted by Crippen LogP contribution is -2.33. The summed E-state index contributed by atoms with van der Waals surface area (Å²) in [7, 11) is 0. The van der Waals surface area contributed by atoms with Gasteiger partial charge in [-0.3, -0.25) is 9.69 Å². The van der Waals surface area contributed by atoms with Gasteiger partial charge in [0.05, 0.1) is 17.9 Å². The minimum Gasteiger partial charge on any atom is -0.462 e. The molecule has 3 aromatic rings. The Kier molecular flexibility index (Phi) is 4.99. The first kappa shape index (κ1) is 18.7. The maximum Gasteiger partial charge on any atom is 0.340 e. The Hall–Kier alpha value is -3.67. The molecule has 1 atom stereocenters. The van der Waals surface area contributed by atoms with E-state index in [1.54, 1.807) is 42.3 Å². The highest BCUT2D eigenvalue weighted by Crippen LogP contribution is 2.38. The third kappa shape index (κ3) is 3.45. The summed E-state index contributed by atoms with van der Waals surface area (Å²) in [5.74, 6) is 0.00979. The van der Waals surface area contributed by atoms with E-state index in [1.165, 1.54) is 0 Å². The number of nitrogens with zero attached hydrogens (tertiary/aromatic N) is 2. The van der Waals surface area contributed by atoms with Crippen molar-refractivity contribution in [1.82, 2.24) is 4.98 Å². The van der Waals surface area contributed by atoms with E-state index >= 15 is 0 Å². The number of fused-ring (bicyclic) bond motifs is 1. The van der Waals surface area contributed by atoms with E-state index in [0.29, 0.717) is 22.6 Å². The SMILES string of the molecule is CCOC(=O)c1ccccc1N[C@H]1c2ccccc2C(=O)N1c1cc(C)ccn1. The number of hydrogen-bond donors (Lipinski definition) is 1. The lowest BCUT2D eigenvalue weighted by Gasteiger charge is -2.27. The van der Waals surface area contributed by atoms with E-state index in [9.17, 15) is 9.59 Å². The van der Waals surface area contributed by atoms with Gasteiger partial charge in [-0.1, -0.05) is 30.3 Å². The molecule has 0 fully saturated rings. The third-order valence-electron chi connectivity index (χ3n) is 4.83. The van der Waals surface area contributed by atoms with Crippen molar-refractivity contribution in [3.63, 3.8) is 0 Å². The molecule has 0 saturated carbocycles. The summed E-state index contributed by atoms with van der Waals surface area (Å²) >= 11 is 0. The van der Waals surface area contributed by atoms with Crippen LogP contribution in [0.5, 0.6) is 0 Å². The van der Waals surface area contributed by atoms with Gasteiger partial charge < -0.3 is 10.1 Å². The lowest BCUT2D eigenvalue weighted by molar-refractivity contribution is 0.0527. The van der Waals surface area contributed by atoms with Crippen molar-refractivity contribution < 1.29 is 14.3 Å². The fourth-order valence-corrected chi connectivity index (χ4v) is 3.49. The van der Waals surface area contributed by atoms with Crippen molar-refractivity contribution >= 4 is 23.4 Å². The molecule has 4 rings (SSSR count). The number of para-hydroxylation sites is 1. The number of aryl methyl sites for hydroxylation is 1. The van der Waals surface area contributed by atoms with Crippen LogP contribution in [0.1, 0.15) is 44.9 Å². The van der Waals surface area contributed by atoms with Gasteiger partial charge in [0, 0.05) is 17.3 Å². The Balaban J connectivity index is 1.78. The average Bonchev–Trinajstić information content (AvgIpc) is 3.00. The quantitative estimate of drug-likeness (QED) is 0.660. The Morgan fingerprint density at radius 3 is 2.69 bits per heavy atom. The minimum absolute atomic E-state index is 0.134. The highest BCUT2D eigenvalue weighted by atomic mass is 16.5. The van der Waals surface area contributed by atoms with Crippen molar-refractivity contribution in [2.24, 2.45) is 0 Å². The van der Waals surface area contributed by atoms with Gasteiger partial charge in [-0.2, -0.15) is 0 Å². The van der Waals surface area contributed by atoms with Gasteiger partial charge in [0.2, 0.25) is 0 Å². The zero-order valence-corrected chi connectivity index (χ0v) is 16.3. The molecule has 0 bridgehead atoms. The summed E-state index contributed by atoms with van der Waals surface area (Å²) in [6.45, 7) is 4.01. The van der Waals surface area contributed by atoms with Crippen molar-refractivity contribution in [2.45, 2.75) is 20.0 Å². The van der Waals surface area contributed by atoms with E-state index < -0.39 is 12.1 Å². The molecule has 146 valence electrons. The van der Waals surface area contributed by atoms with E-state index in [1.807, 2.05) is 43.3 Å². The molecule has 0 aliphatic carbocycles. The van der Waals surface area contributed by atoms with Crippen molar-refractivity contribution in [3.05, 3.63) is 89.1 Å². The maximum absolute atomic E-state index is 13.2. The minimum atomic E-state index is -0.497. The summed E-state index contributed by atoms with van der Waals surface area (Å²) in [5.41, 5.74) is 3.47. The van der Waals surface area contributed by atoms with E-state index in [-0.39, 0.29) is 12.5 Å². The number of hydrogen-bond acceptors (Lipinski definition) is 5. The zero-order valence-electron chi connectivity index (χ0n) is 16.3. The van der Waals surface area contributed by atoms with Crippen LogP contribution in [-0.4, -0.2) is 23.5 Å². The smallest absolute Gasteiger partial charge is 0.340 e. The molecule has 1 aromatic heterocycles. The Morgan fingerprint density at radius 2 is 1.90 bits per heavy atom. The summed E-state index contributed by atoms with van der Waals surface area (Å²) in [5, 5.41) is 3.37. The fraction of sp³-hybridized carbons (Fsp3) is 0.174. The van der Waals surface area contributed by atoms with Crippen LogP contribution in [0.3, 0.4) is 0 Å². The molecule has 6 heteroatoms. The molecule has 1 aliphatic heterocycles. The van der Waals surface area contributed by atoms with Gasteiger partial charge in [0.1, 0.15) is 12.0 Å². The summed E-state index contributed by atoms with van der Waals surface area (Å²) in [6.07, 6.45) is 1.19. The predicted molar refractivity (Wildman–Crippen MR) is 111 cm³/mol. The van der Waals surface area contributed by atoms with Crippen molar-refractivity contribution in [2.75, 3.05) is 16.8 Å². The largest absolute Gasteiger partial charge is 0.462 e. The lowest BCUT2D eigenvalue weighted by atomic mass is 10.1. The Morgan fingerprint density at radius 1 is 1.14 bits per heavy atom. The molecule has 2 heterocycles. The number of anilines is 2. The molecule has 1 aliphatic rings. The van der Waals surface area contributed by atoms with Gasteiger partial charge in [-0.05, 0) is 49.7 Å². The monoisotopic (exact) mass is 387 g/mol. The van der Waals surface area contributed by atoms with Gasteiger partial charge in [0.15, 0.2) is 0 Å². The normalized spacial score (nSPS) is 15.2. The van der Waals surface area contributed by atoms with E-state index in [4.69, 9.17) is 4.74 Å². The number of amides is 1. The number of esters is 1. The van der Waals surface area contributed by atoms with Crippen LogP contribution >= 0.6 is 0 Å². The number of benzene rings is 2. The second-order valence-corrected chi connectivity index (χ2v) is 6.77. The Labute approximate surface area is 169 Å². The second kappa shape index (κ2) is 7.75. The number of carbonyl (C=O) groups is 2. The predicted octanol–water partition coefficient (Wildman–Crippen LogP) is 4.34. The van der Waals surface area contributed by atoms with Crippen molar-refractivity contribution in [1.29, 1.82) is 0 Å². The second-order valence-electron chi connectivity index (χ2n) is 6.77. The van der Waals surface area contributed by atoms with Gasteiger partial charge >= 0.3 is 5.97 Å². The molecule has 2 aromatic carbocycles. The van der Waals surface area contributed by atoms with Crippen LogP contribution in [0.2, 0.25) is 0 Å². The standard InChI is InChI=1S/C23H21N3O3/c1-3-29-23(28)18-10-6-7-11-19(18)25-21-16-8-4-5-9-17(16)22(27)26(21)20-14-15(2)12-13-24-20/h4-14,21,25H,3H2,1-2H3/t21-/m1/s1. The molecule has 29 heavy (non-hydrogen) atoms. The molecule has 6 nitrogen and oxygen atoms in total. The van der Waals surface area contributed by atoms with Crippen LogP contribution in [0.4, 0.5) is 11.5 Å². The number of pyridine rings is 1. The first-order valence-corrected chi connectivity index (χ1v) is 9.48. The molecule has 0 saturated heterocycles. The highest BCUT2D eigenvalue weighted by molar-refractivity contribution is 6.11. The summed E-state index contributed by atoms with van der Waals surface area (Å²) in [6, 6.07) is 18.3. The van der Waals surface area contributed by atoms with Gasteiger partial charge in [-0.15, -0.1) is 0 Å². The topological polar surface area (TPSA) is 71.5 Å². The molecular weight excluding hydrogens is 366 g/mol. The first-order valence-electron chi connectivity index (χ1n) is 9.48. The molecular formula is C23H21N3O3. The molecule has 1 amide bonds. The average molecular weight is 387 g/mol. The number of nitrogens with one attached hydrogen (secondary N) is 1. The fourth-order valence-electron chi connectivity index (χ4n) is 3.49. The number of ether oxygens (including phenoxy) is 1. The summed E-state index contributed by atoms with van der Waals surface area (Å²) in [4.78, 5) is 31.6. The molecule has 0 unspecified atom stereocenters. The Bertz CT molecular complexity index is 1080. The first-order chi connectivity index (χ1) is 14.1. The van der Waals surface area contributed by atoms with E-state index in [0.717, 1.165) is 11.1 Å².